The minimum Gasteiger partial charge on any atom is -0.486 e. The molecule has 0 radical (unpaired) electrons. The molecule has 0 aliphatic carbocycles. The van der Waals surface area contributed by atoms with Crippen molar-refractivity contribution >= 4 is 52.5 Å². The van der Waals surface area contributed by atoms with E-state index in [1.165, 1.54) is 18.2 Å². The quantitative estimate of drug-likeness (QED) is 0.295. The molecule has 0 aromatic heterocycles. The van der Waals surface area contributed by atoms with E-state index in [0.29, 0.717) is 27.4 Å². The number of benzene rings is 3. The van der Waals surface area contributed by atoms with Crippen molar-refractivity contribution in [2.75, 3.05) is 5.32 Å². The Labute approximate surface area is 206 Å². The molecule has 3 rings (SSSR count). The molecule has 0 spiro atoms. The lowest BCUT2D eigenvalue weighted by Crippen LogP contribution is -2.13. The summed E-state index contributed by atoms with van der Waals surface area (Å²) in [6, 6.07) is 19.1. The molecule has 3 aromatic carbocycles. The summed E-state index contributed by atoms with van der Waals surface area (Å²) < 4.78 is 5.74. The van der Waals surface area contributed by atoms with Crippen LogP contribution in [0.1, 0.15) is 22.3 Å². The van der Waals surface area contributed by atoms with Crippen molar-refractivity contribution in [2.24, 2.45) is 0 Å². The molecule has 0 fully saturated rings. The maximum atomic E-state index is 12.5. The number of amides is 1. The average Bonchev–Trinajstić information content (AvgIpc) is 2.79. The third-order valence-corrected chi connectivity index (χ3v) is 5.60. The molecule has 33 heavy (non-hydrogen) atoms. The van der Waals surface area contributed by atoms with Crippen LogP contribution in [0.2, 0.25) is 15.1 Å². The molecule has 164 valence electrons. The Morgan fingerprint density at radius 2 is 1.73 bits per heavy atom. The van der Waals surface area contributed by atoms with E-state index in [4.69, 9.17) is 39.5 Å². The van der Waals surface area contributed by atoms with Crippen molar-refractivity contribution in [1.82, 2.24) is 0 Å². The van der Waals surface area contributed by atoms with Crippen LogP contribution in [0, 0.1) is 29.6 Å². The summed E-state index contributed by atoms with van der Waals surface area (Å²) in [6.07, 6.45) is 1.37. The zero-order valence-electron chi connectivity index (χ0n) is 17.3. The predicted molar refractivity (Wildman–Crippen MR) is 130 cm³/mol. The first-order valence-corrected chi connectivity index (χ1v) is 10.7. The minimum absolute atomic E-state index is 0.101. The standard InChI is InChI=1S/C25H16Cl3N3O2/c1-15-6-7-20(11-21(15)26)31-25(32)19(13-30)8-16-9-22(27)24(23(28)10-16)33-14-18-5-3-2-4-17(18)12-29/h2-11H,14H2,1H3,(H,31,32)/b19-8-. The molecule has 0 aliphatic heterocycles. The van der Waals surface area contributed by atoms with Gasteiger partial charge in [-0.3, -0.25) is 4.79 Å². The molecule has 1 amide bonds. The molecule has 8 heteroatoms. The predicted octanol–water partition coefficient (Wildman–Crippen LogP) is 6.95. The van der Waals surface area contributed by atoms with Crippen molar-refractivity contribution in [3.63, 3.8) is 0 Å². The normalized spacial score (nSPS) is 10.8. The van der Waals surface area contributed by atoms with E-state index in [9.17, 15) is 15.3 Å². The second-order valence-corrected chi connectivity index (χ2v) is 8.18. The molecule has 5 nitrogen and oxygen atoms in total. The van der Waals surface area contributed by atoms with Crippen LogP contribution in [0.25, 0.3) is 6.08 Å². The first-order chi connectivity index (χ1) is 15.8. The second kappa shape index (κ2) is 10.9. The van der Waals surface area contributed by atoms with Gasteiger partial charge in [0.1, 0.15) is 18.2 Å². The summed E-state index contributed by atoms with van der Waals surface area (Å²) in [4.78, 5) is 12.5. The Kier molecular flexibility index (Phi) is 7.98. The molecular formula is C25H16Cl3N3O2. The summed E-state index contributed by atoms with van der Waals surface area (Å²) in [5.41, 5.74) is 2.82. The average molecular weight is 497 g/mol. The summed E-state index contributed by atoms with van der Waals surface area (Å²) in [5.74, 6) is -0.362. The monoisotopic (exact) mass is 495 g/mol. The number of nitrogens with one attached hydrogen (secondary N) is 1. The van der Waals surface area contributed by atoms with Crippen molar-refractivity contribution in [3.05, 3.63) is 97.5 Å². The molecule has 0 saturated carbocycles. The Morgan fingerprint density at radius 3 is 2.36 bits per heavy atom. The van der Waals surface area contributed by atoms with Crippen molar-refractivity contribution < 1.29 is 9.53 Å². The molecule has 0 saturated heterocycles. The van der Waals surface area contributed by atoms with Crippen LogP contribution in [-0.4, -0.2) is 5.91 Å². The van der Waals surface area contributed by atoms with E-state index in [1.807, 2.05) is 13.0 Å². The van der Waals surface area contributed by atoms with Crippen LogP contribution in [0.3, 0.4) is 0 Å². The summed E-state index contributed by atoms with van der Waals surface area (Å²) in [6.45, 7) is 1.95. The zero-order chi connectivity index (χ0) is 24.0. The maximum absolute atomic E-state index is 12.5. The topological polar surface area (TPSA) is 85.9 Å². The highest BCUT2D eigenvalue weighted by Gasteiger charge is 2.14. The number of hydrogen-bond donors (Lipinski definition) is 1. The highest BCUT2D eigenvalue weighted by atomic mass is 35.5. The smallest absolute Gasteiger partial charge is 0.266 e. The molecule has 0 heterocycles. The number of carbonyl (C=O) groups is 1. The molecule has 3 aromatic rings. The molecule has 0 bridgehead atoms. The van der Waals surface area contributed by atoms with E-state index in [2.05, 4.69) is 11.4 Å². The van der Waals surface area contributed by atoms with E-state index in [1.54, 1.807) is 42.5 Å². The minimum atomic E-state index is -0.599. The van der Waals surface area contributed by atoms with Crippen molar-refractivity contribution in [3.8, 4) is 17.9 Å². The Hall–Kier alpha value is -3.48. The van der Waals surface area contributed by atoms with Gasteiger partial charge < -0.3 is 10.1 Å². The molecule has 0 atom stereocenters. The van der Waals surface area contributed by atoms with Gasteiger partial charge in [-0.15, -0.1) is 0 Å². The number of rotatable bonds is 6. The fourth-order valence-electron chi connectivity index (χ4n) is 2.89. The van der Waals surface area contributed by atoms with Gasteiger partial charge in [-0.1, -0.05) is 59.1 Å². The molecule has 0 unspecified atom stereocenters. The van der Waals surface area contributed by atoms with Crippen LogP contribution < -0.4 is 10.1 Å². The lowest BCUT2D eigenvalue weighted by atomic mass is 10.1. The zero-order valence-corrected chi connectivity index (χ0v) is 19.6. The maximum Gasteiger partial charge on any atom is 0.266 e. The van der Waals surface area contributed by atoms with Gasteiger partial charge in [0.05, 0.1) is 21.7 Å². The highest BCUT2D eigenvalue weighted by molar-refractivity contribution is 6.37. The number of hydrogen-bond acceptors (Lipinski definition) is 4. The first kappa shape index (κ1) is 24.2. The summed E-state index contributed by atoms with van der Waals surface area (Å²) in [5, 5.41) is 22.2. The van der Waals surface area contributed by atoms with Crippen molar-refractivity contribution in [1.29, 1.82) is 10.5 Å². The first-order valence-electron chi connectivity index (χ1n) is 9.61. The number of halogens is 3. The molecular weight excluding hydrogens is 481 g/mol. The van der Waals surface area contributed by atoms with Gasteiger partial charge in [0, 0.05) is 16.3 Å². The Balaban J connectivity index is 1.79. The van der Waals surface area contributed by atoms with E-state index in [0.717, 1.165) is 5.56 Å². The highest BCUT2D eigenvalue weighted by Crippen LogP contribution is 2.35. The van der Waals surface area contributed by atoms with Crippen LogP contribution >= 0.6 is 34.8 Å². The van der Waals surface area contributed by atoms with Gasteiger partial charge >= 0.3 is 0 Å². The van der Waals surface area contributed by atoms with Gasteiger partial charge in [0.25, 0.3) is 5.91 Å². The van der Waals surface area contributed by atoms with Crippen LogP contribution in [0.4, 0.5) is 5.69 Å². The number of nitriles is 2. The van der Waals surface area contributed by atoms with Gasteiger partial charge in [-0.25, -0.2) is 0 Å². The van der Waals surface area contributed by atoms with Crippen LogP contribution in [0.15, 0.2) is 60.2 Å². The van der Waals surface area contributed by atoms with Crippen molar-refractivity contribution in [2.45, 2.75) is 13.5 Å². The van der Waals surface area contributed by atoms with E-state index >= 15 is 0 Å². The summed E-state index contributed by atoms with van der Waals surface area (Å²) in [7, 11) is 0. The van der Waals surface area contributed by atoms with Gasteiger partial charge in [0.15, 0.2) is 5.75 Å². The van der Waals surface area contributed by atoms with Crippen LogP contribution in [-0.2, 0) is 11.4 Å². The van der Waals surface area contributed by atoms with Crippen LogP contribution in [0.5, 0.6) is 5.75 Å². The fourth-order valence-corrected chi connectivity index (χ4v) is 3.68. The Morgan fingerprint density at radius 1 is 1.03 bits per heavy atom. The number of carbonyl (C=O) groups excluding carboxylic acids is 1. The number of nitrogens with zero attached hydrogens (tertiary/aromatic N) is 2. The largest absolute Gasteiger partial charge is 0.486 e. The summed E-state index contributed by atoms with van der Waals surface area (Å²) >= 11 is 18.8. The SMILES string of the molecule is Cc1ccc(NC(=O)/C(C#N)=C\c2cc(Cl)c(OCc3ccccc3C#N)c(Cl)c2)cc1Cl. The lowest BCUT2D eigenvalue weighted by molar-refractivity contribution is -0.112. The number of aryl methyl sites for hydroxylation is 1. The number of anilines is 1. The third kappa shape index (κ3) is 6.06. The van der Waals surface area contributed by atoms with Gasteiger partial charge in [0.2, 0.25) is 0 Å². The Bertz CT molecular complexity index is 1310. The van der Waals surface area contributed by atoms with Gasteiger partial charge in [-0.2, -0.15) is 10.5 Å². The third-order valence-electron chi connectivity index (χ3n) is 4.64. The second-order valence-electron chi connectivity index (χ2n) is 6.96. The number of ether oxygens (including phenoxy) is 1. The molecule has 0 aliphatic rings. The fraction of sp³-hybridized carbons (Fsp3) is 0.0800. The van der Waals surface area contributed by atoms with E-state index < -0.39 is 5.91 Å². The lowest BCUT2D eigenvalue weighted by Gasteiger charge is -2.12. The van der Waals surface area contributed by atoms with E-state index in [-0.39, 0.29) is 28.0 Å². The van der Waals surface area contributed by atoms with Gasteiger partial charge in [-0.05, 0) is 54.5 Å². The molecule has 1 N–H and O–H groups in total.